The average molecular weight is 232 g/mol. The minimum absolute atomic E-state index is 0.251. The van der Waals surface area contributed by atoms with E-state index in [9.17, 15) is 0 Å². The number of aryl methyl sites for hydroxylation is 1. The van der Waals surface area contributed by atoms with Gasteiger partial charge in [-0.05, 0) is 39.3 Å². The molecule has 0 atom stereocenters. The van der Waals surface area contributed by atoms with E-state index in [4.69, 9.17) is 0 Å². The van der Waals surface area contributed by atoms with Crippen molar-refractivity contribution in [1.29, 1.82) is 0 Å². The predicted molar refractivity (Wildman–Crippen MR) is 73.2 cm³/mol. The summed E-state index contributed by atoms with van der Waals surface area (Å²) in [6.07, 6.45) is 1.25. The van der Waals surface area contributed by atoms with Gasteiger partial charge in [-0.2, -0.15) is 0 Å². The molecule has 1 aliphatic rings. The highest BCUT2D eigenvalue weighted by atomic mass is 15.2. The standard InChI is InChI=1S/C15H24N2/c1-13-5-7-14(8-6-13)11-17-10-4-9-16-12-15(17,2)3/h5-8,16H,4,9-12H2,1-3H3. The van der Waals surface area contributed by atoms with Gasteiger partial charge in [-0.15, -0.1) is 0 Å². The zero-order chi connectivity index (χ0) is 12.3. The number of hydrogen-bond donors (Lipinski definition) is 1. The minimum atomic E-state index is 0.251. The van der Waals surface area contributed by atoms with E-state index in [0.717, 1.165) is 19.6 Å². The normalized spacial score (nSPS) is 21.1. The van der Waals surface area contributed by atoms with Crippen LogP contribution in [0.25, 0.3) is 0 Å². The Balaban J connectivity index is 2.07. The van der Waals surface area contributed by atoms with Crippen LogP contribution < -0.4 is 5.32 Å². The Kier molecular flexibility index (Phi) is 3.85. The van der Waals surface area contributed by atoms with Gasteiger partial charge in [0, 0.05) is 25.2 Å². The summed E-state index contributed by atoms with van der Waals surface area (Å²) >= 11 is 0. The van der Waals surface area contributed by atoms with Crippen molar-refractivity contribution >= 4 is 0 Å². The quantitative estimate of drug-likeness (QED) is 0.843. The minimum Gasteiger partial charge on any atom is -0.315 e. The summed E-state index contributed by atoms with van der Waals surface area (Å²) in [4.78, 5) is 2.59. The molecule has 1 aromatic carbocycles. The molecule has 0 aromatic heterocycles. The molecule has 1 fully saturated rings. The Morgan fingerprint density at radius 2 is 1.94 bits per heavy atom. The third-order valence-corrected chi connectivity index (χ3v) is 3.69. The van der Waals surface area contributed by atoms with E-state index in [-0.39, 0.29) is 5.54 Å². The van der Waals surface area contributed by atoms with Crippen molar-refractivity contribution in [3.8, 4) is 0 Å². The Hall–Kier alpha value is -0.860. The largest absolute Gasteiger partial charge is 0.315 e. The first-order chi connectivity index (χ1) is 8.08. The Morgan fingerprint density at radius 3 is 2.65 bits per heavy atom. The lowest BCUT2D eigenvalue weighted by Crippen LogP contribution is -2.47. The summed E-state index contributed by atoms with van der Waals surface area (Å²) < 4.78 is 0. The van der Waals surface area contributed by atoms with Crippen LogP contribution in [0.3, 0.4) is 0 Å². The van der Waals surface area contributed by atoms with Crippen LogP contribution in [0.15, 0.2) is 24.3 Å². The van der Waals surface area contributed by atoms with Crippen LogP contribution in [0.4, 0.5) is 0 Å². The van der Waals surface area contributed by atoms with Crippen molar-refractivity contribution in [2.24, 2.45) is 0 Å². The maximum absolute atomic E-state index is 3.52. The van der Waals surface area contributed by atoms with E-state index in [1.165, 1.54) is 24.1 Å². The molecule has 1 aliphatic heterocycles. The van der Waals surface area contributed by atoms with Crippen LogP contribution >= 0.6 is 0 Å². The van der Waals surface area contributed by atoms with Crippen molar-refractivity contribution in [3.63, 3.8) is 0 Å². The molecule has 0 amide bonds. The third kappa shape index (κ3) is 3.30. The molecule has 2 rings (SSSR count). The zero-order valence-corrected chi connectivity index (χ0v) is 11.3. The van der Waals surface area contributed by atoms with Gasteiger partial charge in [-0.1, -0.05) is 29.8 Å². The lowest BCUT2D eigenvalue weighted by molar-refractivity contribution is 0.125. The number of rotatable bonds is 2. The smallest absolute Gasteiger partial charge is 0.0281 e. The maximum atomic E-state index is 3.52. The molecular formula is C15H24N2. The first-order valence-electron chi connectivity index (χ1n) is 6.59. The fourth-order valence-corrected chi connectivity index (χ4v) is 2.41. The number of benzene rings is 1. The summed E-state index contributed by atoms with van der Waals surface area (Å²) in [7, 11) is 0. The molecule has 1 N–H and O–H groups in total. The molecule has 1 saturated heterocycles. The molecule has 94 valence electrons. The van der Waals surface area contributed by atoms with Gasteiger partial charge >= 0.3 is 0 Å². The fraction of sp³-hybridized carbons (Fsp3) is 0.600. The lowest BCUT2D eigenvalue weighted by Gasteiger charge is -2.37. The molecular weight excluding hydrogens is 208 g/mol. The van der Waals surface area contributed by atoms with Crippen molar-refractivity contribution in [3.05, 3.63) is 35.4 Å². The van der Waals surface area contributed by atoms with Crippen molar-refractivity contribution < 1.29 is 0 Å². The highest BCUT2D eigenvalue weighted by Gasteiger charge is 2.27. The molecule has 0 spiro atoms. The molecule has 2 heteroatoms. The van der Waals surface area contributed by atoms with Crippen LogP contribution in [-0.2, 0) is 6.54 Å². The van der Waals surface area contributed by atoms with E-state index in [0.29, 0.717) is 0 Å². The molecule has 0 unspecified atom stereocenters. The molecule has 0 saturated carbocycles. The molecule has 0 aliphatic carbocycles. The molecule has 0 bridgehead atoms. The zero-order valence-electron chi connectivity index (χ0n) is 11.3. The van der Waals surface area contributed by atoms with Crippen molar-refractivity contribution in [2.75, 3.05) is 19.6 Å². The number of nitrogens with zero attached hydrogens (tertiary/aromatic N) is 1. The Labute approximate surface area is 105 Å². The Morgan fingerprint density at radius 1 is 1.24 bits per heavy atom. The van der Waals surface area contributed by atoms with Crippen LogP contribution in [0.1, 0.15) is 31.4 Å². The summed E-state index contributed by atoms with van der Waals surface area (Å²) in [5.74, 6) is 0. The van der Waals surface area contributed by atoms with E-state index in [2.05, 4.69) is 55.3 Å². The van der Waals surface area contributed by atoms with E-state index in [1.807, 2.05) is 0 Å². The van der Waals surface area contributed by atoms with Crippen molar-refractivity contribution in [2.45, 2.75) is 39.3 Å². The van der Waals surface area contributed by atoms with Crippen LogP contribution in [0.2, 0.25) is 0 Å². The number of nitrogens with one attached hydrogen (secondary N) is 1. The van der Waals surface area contributed by atoms with Crippen LogP contribution in [0.5, 0.6) is 0 Å². The monoisotopic (exact) mass is 232 g/mol. The highest BCUT2D eigenvalue weighted by molar-refractivity contribution is 5.21. The van der Waals surface area contributed by atoms with Gasteiger partial charge in [0.25, 0.3) is 0 Å². The molecule has 0 radical (unpaired) electrons. The molecule has 2 nitrogen and oxygen atoms in total. The van der Waals surface area contributed by atoms with E-state index in [1.54, 1.807) is 0 Å². The average Bonchev–Trinajstić information content (AvgIpc) is 2.44. The summed E-state index contributed by atoms with van der Waals surface area (Å²) in [5.41, 5.74) is 3.01. The Bertz CT molecular complexity index is 354. The van der Waals surface area contributed by atoms with Gasteiger partial charge in [-0.25, -0.2) is 0 Å². The SMILES string of the molecule is Cc1ccc(CN2CCCNCC2(C)C)cc1. The van der Waals surface area contributed by atoms with Crippen LogP contribution in [0, 0.1) is 6.92 Å². The van der Waals surface area contributed by atoms with E-state index < -0.39 is 0 Å². The third-order valence-electron chi connectivity index (χ3n) is 3.69. The van der Waals surface area contributed by atoms with E-state index >= 15 is 0 Å². The van der Waals surface area contributed by atoms with Gasteiger partial charge in [-0.3, -0.25) is 4.90 Å². The second kappa shape index (κ2) is 5.19. The topological polar surface area (TPSA) is 15.3 Å². The van der Waals surface area contributed by atoms with Gasteiger partial charge < -0.3 is 5.32 Å². The first-order valence-corrected chi connectivity index (χ1v) is 6.59. The predicted octanol–water partition coefficient (Wildman–Crippen LogP) is 2.57. The van der Waals surface area contributed by atoms with Gasteiger partial charge in [0.1, 0.15) is 0 Å². The molecule has 1 heterocycles. The van der Waals surface area contributed by atoms with Gasteiger partial charge in [0.2, 0.25) is 0 Å². The summed E-state index contributed by atoms with van der Waals surface area (Å²) in [6.45, 7) is 11.3. The lowest BCUT2D eigenvalue weighted by atomic mass is 10.0. The van der Waals surface area contributed by atoms with Gasteiger partial charge in [0.05, 0.1) is 0 Å². The molecule has 17 heavy (non-hydrogen) atoms. The second-order valence-corrected chi connectivity index (χ2v) is 5.75. The second-order valence-electron chi connectivity index (χ2n) is 5.75. The van der Waals surface area contributed by atoms with Crippen molar-refractivity contribution in [1.82, 2.24) is 10.2 Å². The summed E-state index contributed by atoms with van der Waals surface area (Å²) in [6, 6.07) is 8.92. The number of hydrogen-bond acceptors (Lipinski definition) is 2. The fourth-order valence-electron chi connectivity index (χ4n) is 2.41. The van der Waals surface area contributed by atoms with Gasteiger partial charge in [0.15, 0.2) is 0 Å². The maximum Gasteiger partial charge on any atom is 0.0281 e. The summed E-state index contributed by atoms with van der Waals surface area (Å²) in [5, 5.41) is 3.52. The van der Waals surface area contributed by atoms with Crippen LogP contribution in [-0.4, -0.2) is 30.1 Å². The first kappa shape index (κ1) is 12.6. The highest BCUT2D eigenvalue weighted by Crippen LogP contribution is 2.19. The molecule has 1 aromatic rings.